The molecule has 0 amide bonds. The van der Waals surface area contributed by atoms with E-state index in [1.54, 1.807) is 0 Å². The van der Waals surface area contributed by atoms with Crippen LogP contribution in [0.25, 0.3) is 0 Å². The van der Waals surface area contributed by atoms with E-state index in [2.05, 4.69) is 86.8 Å². The third-order valence-electron chi connectivity index (χ3n) is 8.41. The molecule has 0 spiro atoms. The van der Waals surface area contributed by atoms with Crippen LogP contribution >= 0.6 is 7.82 Å². The molecule has 9 nitrogen and oxygen atoms in total. The Bertz CT molecular complexity index is 1230. The molecule has 56 heavy (non-hydrogen) atoms. The molecule has 0 aliphatic heterocycles. The lowest BCUT2D eigenvalue weighted by molar-refractivity contribution is -0.870. The van der Waals surface area contributed by atoms with Crippen LogP contribution in [0.1, 0.15) is 142 Å². The minimum Gasteiger partial charge on any atom is -0.756 e. The van der Waals surface area contributed by atoms with Gasteiger partial charge in [0.1, 0.15) is 19.8 Å². The summed E-state index contributed by atoms with van der Waals surface area (Å²) in [6.07, 6.45) is 47.7. The first kappa shape index (κ1) is 53.2. The van der Waals surface area contributed by atoms with Gasteiger partial charge in [-0.2, -0.15) is 0 Å². The Labute approximate surface area is 341 Å². The van der Waals surface area contributed by atoms with E-state index in [0.717, 1.165) is 77.0 Å². The molecule has 320 valence electrons. The predicted molar refractivity (Wildman–Crippen MR) is 231 cm³/mol. The summed E-state index contributed by atoms with van der Waals surface area (Å²) in [5, 5.41) is 0. The van der Waals surface area contributed by atoms with E-state index >= 15 is 0 Å². The number of rotatable bonds is 37. The fraction of sp³-hybridized carbons (Fsp3) is 0.652. The van der Waals surface area contributed by atoms with Crippen molar-refractivity contribution in [2.45, 2.75) is 148 Å². The Balaban J connectivity index is 4.47. The summed E-state index contributed by atoms with van der Waals surface area (Å²) in [5.41, 5.74) is 0. The summed E-state index contributed by atoms with van der Waals surface area (Å²) < 4.78 is 33.7. The van der Waals surface area contributed by atoms with Crippen LogP contribution in [-0.4, -0.2) is 70.0 Å². The van der Waals surface area contributed by atoms with Gasteiger partial charge in [-0.25, -0.2) is 0 Å². The number of unbranched alkanes of at least 4 members (excludes halogenated alkanes) is 9. The van der Waals surface area contributed by atoms with Crippen molar-refractivity contribution in [1.82, 2.24) is 0 Å². The van der Waals surface area contributed by atoms with Gasteiger partial charge in [0.25, 0.3) is 7.82 Å². The number of likely N-dealkylation sites (N-methyl/N-ethyl adjacent to an activating group) is 1. The van der Waals surface area contributed by atoms with Gasteiger partial charge in [-0.1, -0.05) is 137 Å². The molecule has 0 fully saturated rings. The van der Waals surface area contributed by atoms with Gasteiger partial charge in [-0.15, -0.1) is 0 Å². The highest BCUT2D eigenvalue weighted by atomic mass is 31.2. The molecule has 0 heterocycles. The van der Waals surface area contributed by atoms with Gasteiger partial charge >= 0.3 is 11.9 Å². The Morgan fingerprint density at radius 2 is 1.05 bits per heavy atom. The molecular weight excluding hydrogens is 725 g/mol. The number of phosphoric acid groups is 1. The predicted octanol–water partition coefficient (Wildman–Crippen LogP) is 11.4. The minimum absolute atomic E-state index is 0.0504. The van der Waals surface area contributed by atoms with Crippen LogP contribution in [-0.2, 0) is 32.7 Å². The van der Waals surface area contributed by atoms with E-state index < -0.39 is 32.5 Å². The number of ether oxygens (including phenoxy) is 2. The van der Waals surface area contributed by atoms with Crippen LogP contribution in [0.3, 0.4) is 0 Å². The standard InChI is InChI=1S/C46H78NO8P/c1-6-8-10-12-14-16-18-20-21-22-23-24-25-27-28-30-32-34-36-38-45(48)52-42-44(43-54-56(50,51)53-41-40-47(3,4)5)55-46(49)39-37-35-33-31-29-26-19-17-15-13-11-9-7-2/h9,11,14-17,20-21,23-24,26,29,33,35,44H,6-8,10,12-13,18-19,22,25,27-28,30-32,34,36-43H2,1-5H3/b11-9-,16-14-,17-15-,21-20-,24-23-,29-26-,35-33-. The van der Waals surface area contributed by atoms with E-state index in [0.29, 0.717) is 23.9 Å². The molecule has 10 heteroatoms. The highest BCUT2D eigenvalue weighted by molar-refractivity contribution is 7.45. The van der Waals surface area contributed by atoms with Crippen LogP contribution in [0, 0.1) is 0 Å². The largest absolute Gasteiger partial charge is 0.756 e. The number of hydrogen-bond donors (Lipinski definition) is 0. The van der Waals surface area contributed by atoms with Crippen molar-refractivity contribution in [3.05, 3.63) is 85.1 Å². The first-order valence-electron chi connectivity index (χ1n) is 21.3. The number of carbonyl (C=O) groups is 2. The summed E-state index contributed by atoms with van der Waals surface area (Å²) in [5.74, 6) is -0.954. The lowest BCUT2D eigenvalue weighted by Crippen LogP contribution is -2.37. The molecule has 0 saturated carbocycles. The SMILES string of the molecule is CC/C=C\C/C=C\C/C=C\C/C=C\CCC(=O)OC(COC(=O)CCCCCCCC/C=C\C/C=C\C/C=C\CCCCC)COP(=O)([O-])OCC[N+](C)(C)C. The van der Waals surface area contributed by atoms with Gasteiger partial charge in [0.2, 0.25) is 0 Å². The number of allylic oxidation sites excluding steroid dienone is 14. The first-order chi connectivity index (χ1) is 27.0. The highest BCUT2D eigenvalue weighted by Gasteiger charge is 2.21. The van der Waals surface area contributed by atoms with Gasteiger partial charge < -0.3 is 27.9 Å². The Morgan fingerprint density at radius 1 is 0.571 bits per heavy atom. The average molecular weight is 804 g/mol. The number of nitrogens with zero attached hydrogens (tertiary/aromatic N) is 1. The van der Waals surface area contributed by atoms with Crippen molar-refractivity contribution in [2.75, 3.05) is 47.5 Å². The lowest BCUT2D eigenvalue weighted by atomic mass is 10.1. The van der Waals surface area contributed by atoms with Crippen molar-refractivity contribution >= 4 is 19.8 Å². The summed E-state index contributed by atoms with van der Waals surface area (Å²) in [7, 11) is 1.10. The molecular formula is C46H78NO8P. The molecule has 0 aromatic heterocycles. The molecule has 0 rings (SSSR count). The van der Waals surface area contributed by atoms with E-state index in [9.17, 15) is 19.0 Å². The maximum absolute atomic E-state index is 12.6. The Morgan fingerprint density at radius 3 is 1.59 bits per heavy atom. The average Bonchev–Trinajstić information content (AvgIpc) is 3.15. The minimum atomic E-state index is -4.65. The zero-order valence-corrected chi connectivity index (χ0v) is 36.7. The number of hydrogen-bond acceptors (Lipinski definition) is 8. The van der Waals surface area contributed by atoms with E-state index in [4.69, 9.17) is 18.5 Å². The van der Waals surface area contributed by atoms with Crippen LogP contribution in [0.4, 0.5) is 0 Å². The molecule has 2 atom stereocenters. The van der Waals surface area contributed by atoms with Crippen molar-refractivity contribution in [3.63, 3.8) is 0 Å². The number of carbonyl (C=O) groups excluding carboxylic acids is 2. The fourth-order valence-corrected chi connectivity index (χ4v) is 5.81. The molecule has 0 aliphatic carbocycles. The quantitative estimate of drug-likeness (QED) is 0.0201. The van der Waals surface area contributed by atoms with E-state index in [-0.39, 0.29) is 26.1 Å². The zero-order valence-electron chi connectivity index (χ0n) is 35.8. The summed E-state index contributed by atoms with van der Waals surface area (Å²) in [4.78, 5) is 37.4. The van der Waals surface area contributed by atoms with Gasteiger partial charge in [-0.3, -0.25) is 14.2 Å². The van der Waals surface area contributed by atoms with Crippen molar-refractivity contribution in [3.8, 4) is 0 Å². The molecule has 0 aromatic rings. The maximum atomic E-state index is 12.6. The third-order valence-corrected chi connectivity index (χ3v) is 9.38. The third kappa shape index (κ3) is 40.8. The van der Waals surface area contributed by atoms with Crippen molar-refractivity contribution in [1.29, 1.82) is 0 Å². The van der Waals surface area contributed by atoms with Gasteiger partial charge in [0.05, 0.1) is 27.7 Å². The topological polar surface area (TPSA) is 111 Å². The summed E-state index contributed by atoms with van der Waals surface area (Å²) >= 11 is 0. The van der Waals surface area contributed by atoms with Gasteiger partial charge in [-0.05, 0) is 77.0 Å². The van der Waals surface area contributed by atoms with Crippen LogP contribution < -0.4 is 4.89 Å². The number of phosphoric ester groups is 1. The first-order valence-corrected chi connectivity index (χ1v) is 22.8. The molecule has 0 radical (unpaired) electrons. The molecule has 0 bridgehead atoms. The van der Waals surface area contributed by atoms with Crippen molar-refractivity contribution in [2.24, 2.45) is 0 Å². The van der Waals surface area contributed by atoms with Gasteiger partial charge in [0, 0.05) is 12.8 Å². The fourth-order valence-electron chi connectivity index (χ4n) is 5.08. The van der Waals surface area contributed by atoms with Gasteiger partial charge in [0.15, 0.2) is 6.10 Å². The van der Waals surface area contributed by atoms with E-state index in [1.807, 2.05) is 33.3 Å². The Kier molecular flexibility index (Phi) is 35.9. The Hall–Kier alpha value is -2.81. The second kappa shape index (κ2) is 37.7. The molecule has 0 aromatic carbocycles. The summed E-state index contributed by atoms with van der Waals surface area (Å²) in [6.45, 7) is 3.95. The molecule has 0 N–H and O–H groups in total. The van der Waals surface area contributed by atoms with E-state index in [1.165, 1.54) is 25.7 Å². The van der Waals surface area contributed by atoms with Crippen molar-refractivity contribution < 1.29 is 42.1 Å². The molecule has 0 saturated heterocycles. The smallest absolute Gasteiger partial charge is 0.306 e. The van der Waals surface area contributed by atoms with Crippen LogP contribution in [0.2, 0.25) is 0 Å². The van der Waals surface area contributed by atoms with Crippen LogP contribution in [0.5, 0.6) is 0 Å². The van der Waals surface area contributed by atoms with Crippen LogP contribution in [0.15, 0.2) is 85.1 Å². The highest BCUT2D eigenvalue weighted by Crippen LogP contribution is 2.38. The molecule has 0 aliphatic rings. The zero-order chi connectivity index (χ0) is 41.4. The monoisotopic (exact) mass is 804 g/mol. The normalized spacial score (nSPS) is 14.5. The number of esters is 2. The number of quaternary nitrogens is 1. The maximum Gasteiger partial charge on any atom is 0.306 e. The second-order valence-electron chi connectivity index (χ2n) is 15.0. The second-order valence-corrected chi connectivity index (χ2v) is 16.4. The lowest BCUT2D eigenvalue weighted by Gasteiger charge is -2.28. The molecule has 2 unspecified atom stereocenters. The summed E-state index contributed by atoms with van der Waals surface area (Å²) in [6, 6.07) is 0.